The van der Waals surface area contributed by atoms with E-state index in [2.05, 4.69) is 25.6 Å². The summed E-state index contributed by atoms with van der Waals surface area (Å²) < 4.78 is 1.67. The molecule has 7 nitrogen and oxygen atoms in total. The molecule has 0 spiro atoms. The summed E-state index contributed by atoms with van der Waals surface area (Å²) in [4.78, 5) is 7.95. The van der Waals surface area contributed by atoms with Crippen molar-refractivity contribution in [2.45, 2.75) is 19.5 Å². The first-order valence-electron chi connectivity index (χ1n) is 5.61. The lowest BCUT2D eigenvalue weighted by atomic mass is 10.4. The van der Waals surface area contributed by atoms with Crippen molar-refractivity contribution in [3.63, 3.8) is 0 Å². The molecule has 0 aliphatic rings. The fraction of sp³-hybridized carbons (Fsp3) is 0.400. The lowest BCUT2D eigenvalue weighted by Gasteiger charge is -2.02. The summed E-state index contributed by atoms with van der Waals surface area (Å²) in [6, 6.07) is 1.46. The molecule has 0 bridgehead atoms. The van der Waals surface area contributed by atoms with Crippen molar-refractivity contribution >= 4 is 29.2 Å². The summed E-state index contributed by atoms with van der Waals surface area (Å²) in [5, 5.41) is 20.1. The Balaban J connectivity index is 1.92. The highest BCUT2D eigenvalue weighted by Gasteiger charge is 2.04. The van der Waals surface area contributed by atoms with Crippen molar-refractivity contribution in [2.24, 2.45) is 0 Å². The Labute approximate surface area is 119 Å². The first-order chi connectivity index (χ1) is 9.17. The van der Waals surface area contributed by atoms with E-state index in [0.29, 0.717) is 25.5 Å². The van der Waals surface area contributed by atoms with Crippen LogP contribution in [0.15, 0.2) is 12.3 Å². The van der Waals surface area contributed by atoms with Crippen molar-refractivity contribution in [3.05, 3.63) is 28.3 Å². The molecule has 102 valence electrons. The number of aliphatic hydroxyl groups is 1. The molecule has 0 saturated carbocycles. The summed E-state index contributed by atoms with van der Waals surface area (Å²) in [7, 11) is 0. The molecule has 19 heavy (non-hydrogen) atoms. The van der Waals surface area contributed by atoms with E-state index in [4.69, 9.17) is 28.3 Å². The standard InChI is InChI=1S/C10H12Cl2N6O/c11-8-4-9(12)15-10(14-8)13-5-7-6-18(17-16-7)2-1-3-19/h4,6,19H,1-3,5H2,(H,13,14,15). The Morgan fingerprint density at radius 1 is 1.26 bits per heavy atom. The fourth-order valence-electron chi connectivity index (χ4n) is 1.40. The van der Waals surface area contributed by atoms with Crippen molar-refractivity contribution in [2.75, 3.05) is 11.9 Å². The van der Waals surface area contributed by atoms with Crippen LogP contribution in [0.3, 0.4) is 0 Å². The van der Waals surface area contributed by atoms with Crippen LogP contribution in [-0.4, -0.2) is 36.7 Å². The number of aryl methyl sites for hydroxylation is 1. The predicted molar refractivity (Wildman–Crippen MR) is 71.1 cm³/mol. The maximum Gasteiger partial charge on any atom is 0.225 e. The summed E-state index contributed by atoms with van der Waals surface area (Å²) >= 11 is 11.5. The van der Waals surface area contributed by atoms with Gasteiger partial charge in [-0.05, 0) is 6.42 Å². The largest absolute Gasteiger partial charge is 0.396 e. The van der Waals surface area contributed by atoms with Gasteiger partial charge in [-0.1, -0.05) is 28.4 Å². The quantitative estimate of drug-likeness (QED) is 0.784. The second-order valence-electron chi connectivity index (χ2n) is 3.74. The van der Waals surface area contributed by atoms with Crippen molar-refractivity contribution in [3.8, 4) is 0 Å². The number of nitrogens with one attached hydrogen (secondary N) is 1. The van der Waals surface area contributed by atoms with Gasteiger partial charge in [-0.15, -0.1) is 5.10 Å². The van der Waals surface area contributed by atoms with E-state index >= 15 is 0 Å². The third-order valence-electron chi connectivity index (χ3n) is 2.22. The Bertz CT molecular complexity index is 526. The topological polar surface area (TPSA) is 88.8 Å². The van der Waals surface area contributed by atoms with Crippen LogP contribution in [0.4, 0.5) is 5.95 Å². The van der Waals surface area contributed by atoms with Gasteiger partial charge in [0, 0.05) is 19.2 Å². The number of nitrogens with zero attached hydrogens (tertiary/aromatic N) is 5. The van der Waals surface area contributed by atoms with Gasteiger partial charge in [0.05, 0.1) is 12.7 Å². The van der Waals surface area contributed by atoms with Gasteiger partial charge in [0.15, 0.2) is 0 Å². The van der Waals surface area contributed by atoms with E-state index in [1.54, 1.807) is 10.9 Å². The van der Waals surface area contributed by atoms with E-state index in [0.717, 1.165) is 5.69 Å². The average Bonchev–Trinajstić information content (AvgIpc) is 2.81. The number of rotatable bonds is 6. The summed E-state index contributed by atoms with van der Waals surface area (Å²) in [6.45, 7) is 1.17. The molecule has 2 aromatic rings. The SMILES string of the molecule is OCCCn1cc(CNc2nc(Cl)cc(Cl)n2)nn1. The van der Waals surface area contributed by atoms with Crippen LogP contribution in [0.25, 0.3) is 0 Å². The zero-order valence-corrected chi connectivity index (χ0v) is 11.4. The molecular formula is C10H12Cl2N6O. The highest BCUT2D eigenvalue weighted by atomic mass is 35.5. The van der Waals surface area contributed by atoms with Crippen LogP contribution in [0.1, 0.15) is 12.1 Å². The molecule has 0 atom stereocenters. The van der Waals surface area contributed by atoms with Crippen LogP contribution >= 0.6 is 23.2 Å². The molecule has 9 heteroatoms. The van der Waals surface area contributed by atoms with Crippen LogP contribution in [-0.2, 0) is 13.1 Å². The lowest BCUT2D eigenvalue weighted by molar-refractivity contribution is 0.276. The van der Waals surface area contributed by atoms with Crippen LogP contribution in [0.5, 0.6) is 0 Å². The molecule has 0 aromatic carbocycles. The molecule has 0 saturated heterocycles. The molecule has 2 rings (SSSR count). The zero-order chi connectivity index (χ0) is 13.7. The third-order valence-corrected chi connectivity index (χ3v) is 2.61. The lowest BCUT2D eigenvalue weighted by Crippen LogP contribution is -2.04. The third kappa shape index (κ3) is 4.30. The summed E-state index contributed by atoms with van der Waals surface area (Å²) in [6.07, 6.45) is 2.43. The number of aliphatic hydroxyl groups excluding tert-OH is 1. The van der Waals surface area contributed by atoms with Gasteiger partial charge in [-0.2, -0.15) is 0 Å². The van der Waals surface area contributed by atoms with Crippen LogP contribution in [0, 0.1) is 0 Å². The molecular weight excluding hydrogens is 291 g/mol. The summed E-state index contributed by atoms with van der Waals surface area (Å²) in [5.41, 5.74) is 0.734. The zero-order valence-electron chi connectivity index (χ0n) is 9.92. The van der Waals surface area contributed by atoms with E-state index in [1.165, 1.54) is 6.07 Å². The minimum atomic E-state index is 0.127. The minimum Gasteiger partial charge on any atom is -0.396 e. The second-order valence-corrected chi connectivity index (χ2v) is 4.52. The van der Waals surface area contributed by atoms with Gasteiger partial charge in [0.25, 0.3) is 0 Å². The normalized spacial score (nSPS) is 10.7. The van der Waals surface area contributed by atoms with Gasteiger partial charge in [0.2, 0.25) is 5.95 Å². The first kappa shape index (κ1) is 14.0. The average molecular weight is 303 g/mol. The number of hydrogen-bond donors (Lipinski definition) is 2. The number of aromatic nitrogens is 5. The Hall–Kier alpha value is -1.44. The smallest absolute Gasteiger partial charge is 0.225 e. The van der Waals surface area contributed by atoms with E-state index in [1.807, 2.05) is 0 Å². The Morgan fingerprint density at radius 3 is 2.68 bits per heavy atom. The van der Waals surface area contributed by atoms with E-state index < -0.39 is 0 Å². The molecule has 2 N–H and O–H groups in total. The summed E-state index contributed by atoms with van der Waals surface area (Å²) in [5.74, 6) is 0.336. The molecule has 0 aliphatic heterocycles. The minimum absolute atomic E-state index is 0.127. The van der Waals surface area contributed by atoms with Gasteiger partial charge in [-0.3, -0.25) is 4.68 Å². The molecule has 0 amide bonds. The van der Waals surface area contributed by atoms with Gasteiger partial charge < -0.3 is 10.4 Å². The maximum absolute atomic E-state index is 8.72. The van der Waals surface area contributed by atoms with Gasteiger partial charge in [-0.25, -0.2) is 9.97 Å². The number of anilines is 1. The van der Waals surface area contributed by atoms with Gasteiger partial charge in [0.1, 0.15) is 16.0 Å². The fourth-order valence-corrected chi connectivity index (χ4v) is 1.82. The first-order valence-corrected chi connectivity index (χ1v) is 6.37. The molecule has 0 radical (unpaired) electrons. The monoisotopic (exact) mass is 302 g/mol. The highest BCUT2D eigenvalue weighted by Crippen LogP contribution is 2.14. The van der Waals surface area contributed by atoms with E-state index in [-0.39, 0.29) is 16.9 Å². The maximum atomic E-state index is 8.72. The van der Waals surface area contributed by atoms with Crippen molar-refractivity contribution in [1.29, 1.82) is 0 Å². The molecule has 2 heterocycles. The number of halogens is 2. The van der Waals surface area contributed by atoms with Crippen LogP contribution < -0.4 is 5.32 Å². The molecule has 0 fully saturated rings. The molecule has 0 aliphatic carbocycles. The van der Waals surface area contributed by atoms with E-state index in [9.17, 15) is 0 Å². The number of hydrogen-bond acceptors (Lipinski definition) is 6. The van der Waals surface area contributed by atoms with Crippen molar-refractivity contribution < 1.29 is 5.11 Å². The molecule has 0 unspecified atom stereocenters. The van der Waals surface area contributed by atoms with Crippen LogP contribution in [0.2, 0.25) is 10.3 Å². The second kappa shape index (κ2) is 6.65. The predicted octanol–water partition coefficient (Wildman–Crippen LogP) is 1.37. The Kier molecular flexibility index (Phi) is 4.89. The molecule has 2 aromatic heterocycles. The highest BCUT2D eigenvalue weighted by molar-refractivity contribution is 6.33. The Morgan fingerprint density at radius 2 is 2.00 bits per heavy atom. The van der Waals surface area contributed by atoms with Crippen molar-refractivity contribution in [1.82, 2.24) is 25.0 Å². The van der Waals surface area contributed by atoms with Gasteiger partial charge >= 0.3 is 0 Å².